The third kappa shape index (κ3) is 4.84. The van der Waals surface area contributed by atoms with Gasteiger partial charge >= 0.3 is 0 Å². The normalized spacial score (nSPS) is 17.6. The Bertz CT molecular complexity index is 553. The van der Waals surface area contributed by atoms with Gasteiger partial charge in [0, 0.05) is 25.6 Å². The van der Waals surface area contributed by atoms with Crippen molar-refractivity contribution in [1.82, 2.24) is 10.6 Å². The van der Waals surface area contributed by atoms with E-state index in [0.717, 1.165) is 5.69 Å². The van der Waals surface area contributed by atoms with Gasteiger partial charge in [0.05, 0.1) is 5.69 Å². The van der Waals surface area contributed by atoms with Crippen LogP contribution >= 0.6 is 12.4 Å². The van der Waals surface area contributed by atoms with E-state index in [2.05, 4.69) is 10.6 Å². The van der Waals surface area contributed by atoms with Gasteiger partial charge in [-0.2, -0.15) is 0 Å². The average molecular weight is 342 g/mol. The van der Waals surface area contributed by atoms with Crippen molar-refractivity contribution >= 4 is 29.9 Å². The Labute approximate surface area is 143 Å². The molecule has 0 fully saturated rings. The van der Waals surface area contributed by atoms with Crippen molar-refractivity contribution in [3.8, 4) is 5.75 Å². The lowest BCUT2D eigenvalue weighted by Gasteiger charge is -2.32. The smallest absolute Gasteiger partial charge is 0.267 e. The minimum Gasteiger partial charge on any atom is -0.479 e. The zero-order valence-electron chi connectivity index (χ0n) is 13.7. The number of amides is 2. The third-order valence-corrected chi connectivity index (χ3v) is 3.73. The summed E-state index contributed by atoms with van der Waals surface area (Å²) in [4.78, 5) is 25.8. The number of likely N-dealkylation sites (N-methyl/N-ethyl adjacent to an activating group) is 1. The quantitative estimate of drug-likeness (QED) is 0.819. The number of carbonyl (C=O) groups is 2. The summed E-state index contributed by atoms with van der Waals surface area (Å²) in [6.07, 6.45) is -0.259. The van der Waals surface area contributed by atoms with Crippen molar-refractivity contribution in [2.75, 3.05) is 25.0 Å². The van der Waals surface area contributed by atoms with Crippen LogP contribution in [-0.4, -0.2) is 44.1 Å². The molecule has 0 spiro atoms. The Morgan fingerprint density at radius 2 is 2.09 bits per heavy atom. The first-order valence-corrected chi connectivity index (χ1v) is 7.54. The van der Waals surface area contributed by atoms with E-state index in [0.29, 0.717) is 18.8 Å². The summed E-state index contributed by atoms with van der Waals surface area (Å²) in [7, 11) is 1.85. The Kier molecular flexibility index (Phi) is 7.32. The fraction of sp³-hybridized carbons (Fsp3) is 0.500. The van der Waals surface area contributed by atoms with Crippen molar-refractivity contribution in [2.45, 2.75) is 32.4 Å². The van der Waals surface area contributed by atoms with Gasteiger partial charge in [-0.3, -0.25) is 9.59 Å². The molecule has 1 aliphatic rings. The van der Waals surface area contributed by atoms with Gasteiger partial charge in [0.25, 0.3) is 5.91 Å². The highest BCUT2D eigenvalue weighted by Gasteiger charge is 2.31. The molecule has 1 aromatic rings. The molecule has 2 rings (SSSR count). The van der Waals surface area contributed by atoms with Gasteiger partial charge in [0.15, 0.2) is 6.10 Å². The summed E-state index contributed by atoms with van der Waals surface area (Å²) in [5.41, 5.74) is 0.724. The van der Waals surface area contributed by atoms with E-state index in [9.17, 15) is 9.59 Å². The van der Waals surface area contributed by atoms with Gasteiger partial charge in [-0.1, -0.05) is 12.1 Å². The minimum atomic E-state index is -0.526. The molecule has 2 N–H and O–H groups in total. The third-order valence-electron chi connectivity index (χ3n) is 3.73. The summed E-state index contributed by atoms with van der Waals surface area (Å²) >= 11 is 0. The second-order valence-electron chi connectivity index (χ2n) is 5.46. The number of hydrogen-bond donors (Lipinski definition) is 2. The van der Waals surface area contributed by atoms with Gasteiger partial charge in [0.2, 0.25) is 5.91 Å². The number of para-hydroxylation sites is 2. The Hall–Kier alpha value is -1.79. The zero-order chi connectivity index (χ0) is 16.1. The molecule has 0 saturated heterocycles. The summed E-state index contributed by atoms with van der Waals surface area (Å²) in [6, 6.07) is 7.60. The van der Waals surface area contributed by atoms with Crippen molar-refractivity contribution < 1.29 is 14.3 Å². The largest absolute Gasteiger partial charge is 0.479 e. The maximum absolute atomic E-state index is 12.3. The molecule has 1 aliphatic heterocycles. The van der Waals surface area contributed by atoms with E-state index in [1.807, 2.05) is 38.2 Å². The number of anilines is 1. The molecule has 2 unspecified atom stereocenters. The topological polar surface area (TPSA) is 70.7 Å². The number of ether oxygens (including phenoxy) is 1. The molecule has 128 valence electrons. The number of fused-ring (bicyclic) bond motifs is 1. The van der Waals surface area contributed by atoms with Crippen LogP contribution in [0.1, 0.15) is 20.3 Å². The number of benzene rings is 1. The number of nitrogens with zero attached hydrogens (tertiary/aromatic N) is 1. The number of nitrogens with one attached hydrogen (secondary N) is 2. The fourth-order valence-corrected chi connectivity index (χ4v) is 2.26. The molecule has 0 aromatic heterocycles. The Balaban J connectivity index is 0.00000264. The second kappa shape index (κ2) is 8.74. The van der Waals surface area contributed by atoms with Crippen molar-refractivity contribution in [3.05, 3.63) is 24.3 Å². The standard InChI is InChI=1S/C16H23N3O3.ClH/c1-11(17-3)10-18-15(20)8-9-19-13-6-4-5-7-14(13)22-12(2)16(19)21;/h4-7,11-12,17H,8-10H2,1-3H3,(H,18,20);1H. The van der Waals surface area contributed by atoms with E-state index in [1.54, 1.807) is 11.8 Å². The van der Waals surface area contributed by atoms with Gasteiger partial charge < -0.3 is 20.3 Å². The van der Waals surface area contributed by atoms with Crippen LogP contribution < -0.4 is 20.3 Å². The average Bonchev–Trinajstić information content (AvgIpc) is 2.53. The van der Waals surface area contributed by atoms with Crippen molar-refractivity contribution in [1.29, 1.82) is 0 Å². The lowest BCUT2D eigenvalue weighted by Crippen LogP contribution is -2.46. The molecular weight excluding hydrogens is 318 g/mol. The first-order valence-electron chi connectivity index (χ1n) is 7.54. The van der Waals surface area contributed by atoms with Crippen LogP contribution in [-0.2, 0) is 9.59 Å². The van der Waals surface area contributed by atoms with Crippen LogP contribution in [0.2, 0.25) is 0 Å². The molecule has 23 heavy (non-hydrogen) atoms. The van der Waals surface area contributed by atoms with E-state index in [-0.39, 0.29) is 36.7 Å². The summed E-state index contributed by atoms with van der Waals surface area (Å²) in [5.74, 6) is 0.500. The Morgan fingerprint density at radius 3 is 2.78 bits per heavy atom. The van der Waals surface area contributed by atoms with Gasteiger partial charge in [-0.05, 0) is 33.0 Å². The van der Waals surface area contributed by atoms with Crippen molar-refractivity contribution in [2.24, 2.45) is 0 Å². The predicted molar refractivity (Wildman–Crippen MR) is 92.3 cm³/mol. The van der Waals surface area contributed by atoms with Crippen LogP contribution in [0, 0.1) is 0 Å². The molecule has 7 heteroatoms. The lowest BCUT2D eigenvalue weighted by atomic mass is 10.1. The monoisotopic (exact) mass is 341 g/mol. The molecule has 6 nitrogen and oxygen atoms in total. The lowest BCUT2D eigenvalue weighted by molar-refractivity contribution is -0.125. The summed E-state index contributed by atoms with van der Waals surface area (Å²) in [6.45, 7) is 4.63. The minimum absolute atomic E-state index is 0. The highest BCUT2D eigenvalue weighted by atomic mass is 35.5. The van der Waals surface area contributed by atoms with Crippen LogP contribution in [0.4, 0.5) is 5.69 Å². The van der Waals surface area contributed by atoms with Crippen LogP contribution in [0.3, 0.4) is 0 Å². The molecule has 0 saturated carbocycles. The fourth-order valence-electron chi connectivity index (χ4n) is 2.26. The molecule has 1 aromatic carbocycles. The van der Waals surface area contributed by atoms with Gasteiger partial charge in [-0.25, -0.2) is 0 Å². The highest BCUT2D eigenvalue weighted by molar-refractivity contribution is 6.00. The van der Waals surface area contributed by atoms with Crippen molar-refractivity contribution in [3.63, 3.8) is 0 Å². The van der Waals surface area contributed by atoms with Gasteiger partial charge in [0.1, 0.15) is 5.75 Å². The maximum atomic E-state index is 12.3. The molecule has 2 amide bonds. The second-order valence-corrected chi connectivity index (χ2v) is 5.46. The van der Waals surface area contributed by atoms with Crippen LogP contribution in [0.25, 0.3) is 0 Å². The molecule has 2 atom stereocenters. The zero-order valence-corrected chi connectivity index (χ0v) is 14.5. The van der Waals surface area contributed by atoms with E-state index in [1.165, 1.54) is 0 Å². The number of carbonyl (C=O) groups excluding carboxylic acids is 2. The van der Waals surface area contributed by atoms with Crippen LogP contribution in [0.5, 0.6) is 5.75 Å². The molecule has 0 radical (unpaired) electrons. The highest BCUT2D eigenvalue weighted by Crippen LogP contribution is 2.33. The Morgan fingerprint density at radius 1 is 1.39 bits per heavy atom. The summed E-state index contributed by atoms with van der Waals surface area (Å²) < 4.78 is 5.57. The van der Waals surface area contributed by atoms with E-state index in [4.69, 9.17) is 4.74 Å². The molecule has 0 bridgehead atoms. The molecule has 1 heterocycles. The predicted octanol–water partition coefficient (Wildman–Crippen LogP) is 1.34. The van der Waals surface area contributed by atoms with E-state index < -0.39 is 6.10 Å². The SMILES string of the molecule is CNC(C)CNC(=O)CCN1C(=O)C(C)Oc2ccccc21.Cl. The molecule has 0 aliphatic carbocycles. The summed E-state index contributed by atoms with van der Waals surface area (Å²) in [5, 5.41) is 5.91. The molecular formula is C16H24ClN3O3. The number of rotatable bonds is 6. The first-order chi connectivity index (χ1) is 10.5. The first kappa shape index (κ1) is 19.3. The van der Waals surface area contributed by atoms with Crippen LogP contribution in [0.15, 0.2) is 24.3 Å². The number of halogens is 1. The number of hydrogen-bond acceptors (Lipinski definition) is 4. The van der Waals surface area contributed by atoms with E-state index >= 15 is 0 Å². The maximum Gasteiger partial charge on any atom is 0.267 e. The van der Waals surface area contributed by atoms with Gasteiger partial charge in [-0.15, -0.1) is 12.4 Å².